The Balaban J connectivity index is 1.44. The zero-order valence-corrected chi connectivity index (χ0v) is 53.0. The van der Waals surface area contributed by atoms with Gasteiger partial charge in [0.15, 0.2) is 12.6 Å². The second-order valence-electron chi connectivity index (χ2n) is 25.4. The van der Waals surface area contributed by atoms with Gasteiger partial charge in [-0.15, -0.1) is 0 Å². The second kappa shape index (κ2) is 54.2. The van der Waals surface area contributed by atoms with Crippen LogP contribution in [0.25, 0.3) is 0 Å². The normalized spacial score (nSPS) is 23.8. The highest BCUT2D eigenvalue weighted by molar-refractivity contribution is 5.76. The quantitative estimate of drug-likeness (QED) is 0.0259. The lowest BCUT2D eigenvalue weighted by atomic mass is 9.97. The van der Waals surface area contributed by atoms with Crippen molar-refractivity contribution in [2.45, 2.75) is 408 Å². The number of hydrogen-bond donors (Lipinski definition) is 9. The molecule has 14 nitrogen and oxygen atoms in total. The van der Waals surface area contributed by atoms with Crippen LogP contribution in [0.5, 0.6) is 0 Å². The molecule has 0 spiro atoms. The van der Waals surface area contributed by atoms with Gasteiger partial charge in [-0.05, 0) is 12.8 Å². The smallest absolute Gasteiger partial charge is 0.220 e. The molecule has 0 aromatic rings. The van der Waals surface area contributed by atoms with Crippen LogP contribution in [0.3, 0.4) is 0 Å². The SMILES string of the molecule is CCCCCCCCCCCCCCCCCCCCCCCCCCCCCCCCCCCCCCCCCCCC(=O)NC(COC1OC(CO)C(OC2OC(CO)C(O)C(O)C2O)C(O)C1O)C(O)CCCCCCCCC. The third-order valence-corrected chi connectivity index (χ3v) is 17.8. The molecule has 0 saturated carbocycles. The fourth-order valence-electron chi connectivity index (χ4n) is 12.2. The van der Waals surface area contributed by atoms with Gasteiger partial charge in [-0.2, -0.15) is 0 Å². The Kier molecular flexibility index (Phi) is 50.9. The number of carbonyl (C=O) groups excluding carboxylic acids is 1. The molecule has 2 saturated heterocycles. The van der Waals surface area contributed by atoms with Gasteiger partial charge < -0.3 is 65.1 Å². The standard InChI is InChI=1S/C68H133NO13/c1-3-5-7-9-11-12-13-14-15-16-17-18-19-20-21-22-23-24-25-26-27-28-29-30-31-32-33-34-35-36-37-38-39-40-41-42-43-44-46-48-50-52-60(73)69-56(57(72)51-49-47-45-10-8-6-4-2)55-79-67-65(78)63(76)66(59(54-71)81-67)82-68-64(77)62(75)61(74)58(53-70)80-68/h56-59,61-68,70-72,74-78H,3-55H2,1-2H3,(H,69,73). The lowest BCUT2D eigenvalue weighted by Gasteiger charge is -2.46. The zero-order valence-electron chi connectivity index (χ0n) is 53.0. The molecular formula is C68H133NO13. The van der Waals surface area contributed by atoms with Crippen molar-refractivity contribution in [2.24, 2.45) is 0 Å². The summed E-state index contributed by atoms with van der Waals surface area (Å²) >= 11 is 0. The van der Waals surface area contributed by atoms with Crippen molar-refractivity contribution in [3.8, 4) is 0 Å². The number of rotatable bonds is 59. The summed E-state index contributed by atoms with van der Waals surface area (Å²) in [5.41, 5.74) is 0. The van der Waals surface area contributed by atoms with Crippen molar-refractivity contribution >= 4 is 5.91 Å². The van der Waals surface area contributed by atoms with Gasteiger partial charge >= 0.3 is 0 Å². The molecule has 0 bridgehead atoms. The highest BCUT2D eigenvalue weighted by atomic mass is 16.7. The summed E-state index contributed by atoms with van der Waals surface area (Å²) in [6.07, 6.45) is 48.0. The predicted octanol–water partition coefficient (Wildman–Crippen LogP) is 14.0. The first-order valence-corrected chi connectivity index (χ1v) is 35.3. The maximum Gasteiger partial charge on any atom is 0.220 e. The molecule has 0 radical (unpaired) electrons. The largest absolute Gasteiger partial charge is 0.394 e. The molecule has 12 unspecified atom stereocenters. The van der Waals surface area contributed by atoms with Crippen LogP contribution in [0.2, 0.25) is 0 Å². The predicted molar refractivity (Wildman–Crippen MR) is 332 cm³/mol. The average molecular weight is 1170 g/mol. The Morgan fingerprint density at radius 2 is 0.695 bits per heavy atom. The Hall–Kier alpha value is -1.01. The van der Waals surface area contributed by atoms with Crippen molar-refractivity contribution in [3.05, 3.63) is 0 Å². The first-order chi connectivity index (χ1) is 40.1. The molecule has 0 aliphatic carbocycles. The lowest BCUT2D eigenvalue weighted by Crippen LogP contribution is -2.65. The van der Waals surface area contributed by atoms with Crippen LogP contribution in [-0.2, 0) is 23.7 Å². The fourth-order valence-corrected chi connectivity index (χ4v) is 12.2. The van der Waals surface area contributed by atoms with Crippen LogP contribution in [0, 0.1) is 0 Å². The number of amides is 1. The number of hydrogen-bond acceptors (Lipinski definition) is 13. The molecule has 9 N–H and O–H groups in total. The van der Waals surface area contributed by atoms with Gasteiger partial charge in [0.05, 0.1) is 32.0 Å². The molecule has 14 heteroatoms. The Morgan fingerprint density at radius 1 is 0.390 bits per heavy atom. The van der Waals surface area contributed by atoms with Gasteiger partial charge in [0.25, 0.3) is 0 Å². The maximum atomic E-state index is 13.2. The summed E-state index contributed by atoms with van der Waals surface area (Å²) in [6, 6.07) is -0.821. The van der Waals surface area contributed by atoms with E-state index in [4.69, 9.17) is 18.9 Å². The third kappa shape index (κ3) is 38.3. The molecular weight excluding hydrogens is 1040 g/mol. The molecule has 1 amide bonds. The van der Waals surface area contributed by atoms with Crippen molar-refractivity contribution in [3.63, 3.8) is 0 Å². The first-order valence-electron chi connectivity index (χ1n) is 35.3. The number of nitrogens with one attached hydrogen (secondary N) is 1. The topological polar surface area (TPSA) is 228 Å². The fraction of sp³-hybridized carbons (Fsp3) is 0.985. The van der Waals surface area contributed by atoms with Crippen molar-refractivity contribution in [2.75, 3.05) is 19.8 Å². The van der Waals surface area contributed by atoms with Gasteiger partial charge in [-0.1, -0.05) is 316 Å². The van der Waals surface area contributed by atoms with Crippen molar-refractivity contribution in [1.29, 1.82) is 0 Å². The van der Waals surface area contributed by atoms with E-state index in [-0.39, 0.29) is 12.5 Å². The van der Waals surface area contributed by atoms with Gasteiger partial charge in [0, 0.05) is 6.42 Å². The minimum atomic E-state index is -1.78. The van der Waals surface area contributed by atoms with Crippen LogP contribution in [-0.4, -0.2) is 140 Å². The minimum Gasteiger partial charge on any atom is -0.394 e. The van der Waals surface area contributed by atoms with E-state index in [0.29, 0.717) is 12.8 Å². The van der Waals surface area contributed by atoms with E-state index in [0.717, 1.165) is 51.4 Å². The Morgan fingerprint density at radius 3 is 1.04 bits per heavy atom. The molecule has 2 aliphatic rings. The summed E-state index contributed by atoms with van der Waals surface area (Å²) in [4.78, 5) is 13.2. The number of carbonyl (C=O) groups is 1. The molecule has 0 aromatic heterocycles. The van der Waals surface area contributed by atoms with Gasteiger partial charge in [0.2, 0.25) is 5.91 Å². The number of unbranched alkanes of at least 4 members (excludes halogenated alkanes) is 46. The molecule has 2 aliphatic heterocycles. The first kappa shape index (κ1) is 77.1. The molecule has 0 aromatic carbocycles. The van der Waals surface area contributed by atoms with Crippen LogP contribution >= 0.6 is 0 Å². The molecule has 82 heavy (non-hydrogen) atoms. The Labute approximate surface area is 502 Å². The highest BCUT2D eigenvalue weighted by Gasteiger charge is 2.51. The maximum absolute atomic E-state index is 13.2. The van der Waals surface area contributed by atoms with E-state index in [2.05, 4.69) is 19.2 Å². The highest BCUT2D eigenvalue weighted by Crippen LogP contribution is 2.30. The monoisotopic (exact) mass is 1170 g/mol. The summed E-state index contributed by atoms with van der Waals surface area (Å²) in [5, 5.41) is 86.9. The summed E-state index contributed by atoms with van der Waals surface area (Å²) in [7, 11) is 0. The summed E-state index contributed by atoms with van der Waals surface area (Å²) in [6.45, 7) is 2.84. The minimum absolute atomic E-state index is 0.203. The van der Waals surface area contributed by atoms with E-state index in [9.17, 15) is 45.6 Å². The zero-order chi connectivity index (χ0) is 59.5. The number of aliphatic hydroxyl groups excluding tert-OH is 8. The van der Waals surface area contributed by atoms with Crippen LogP contribution in [0.15, 0.2) is 0 Å². The third-order valence-electron chi connectivity index (χ3n) is 17.8. The van der Waals surface area contributed by atoms with Crippen LogP contribution in [0.1, 0.15) is 335 Å². The average Bonchev–Trinajstić information content (AvgIpc) is 3.65. The van der Waals surface area contributed by atoms with Crippen molar-refractivity contribution < 1.29 is 64.6 Å². The van der Waals surface area contributed by atoms with Crippen LogP contribution in [0.4, 0.5) is 0 Å². The molecule has 12 atom stereocenters. The van der Waals surface area contributed by atoms with Gasteiger partial charge in [0.1, 0.15) is 48.8 Å². The number of ether oxygens (including phenoxy) is 4. The molecule has 2 heterocycles. The van der Waals surface area contributed by atoms with E-state index >= 15 is 0 Å². The summed E-state index contributed by atoms with van der Waals surface area (Å²) < 4.78 is 22.8. The lowest BCUT2D eigenvalue weighted by molar-refractivity contribution is -0.359. The van der Waals surface area contributed by atoms with E-state index in [1.165, 1.54) is 257 Å². The van der Waals surface area contributed by atoms with E-state index in [1.807, 2.05) is 0 Å². The van der Waals surface area contributed by atoms with Crippen molar-refractivity contribution in [1.82, 2.24) is 5.32 Å². The van der Waals surface area contributed by atoms with Gasteiger partial charge in [-0.25, -0.2) is 0 Å². The van der Waals surface area contributed by atoms with E-state index in [1.54, 1.807) is 0 Å². The molecule has 2 rings (SSSR count). The second-order valence-corrected chi connectivity index (χ2v) is 25.4. The molecule has 488 valence electrons. The van der Waals surface area contributed by atoms with Crippen LogP contribution < -0.4 is 5.32 Å². The van der Waals surface area contributed by atoms with E-state index < -0.39 is 86.8 Å². The summed E-state index contributed by atoms with van der Waals surface area (Å²) in [5.74, 6) is -0.203. The number of aliphatic hydroxyl groups is 8. The Bertz CT molecular complexity index is 1380. The van der Waals surface area contributed by atoms with Gasteiger partial charge in [-0.3, -0.25) is 4.79 Å². The molecule has 2 fully saturated rings.